The summed E-state index contributed by atoms with van der Waals surface area (Å²) in [4.78, 5) is 14.1. The quantitative estimate of drug-likeness (QED) is 0.164. The van der Waals surface area contributed by atoms with E-state index >= 15 is 0 Å². The number of nitrogens with zero attached hydrogens (tertiary/aromatic N) is 2. The molecule has 0 bridgehead atoms. The van der Waals surface area contributed by atoms with Crippen LogP contribution < -0.4 is 0 Å². The molecule has 0 aliphatic carbocycles. The highest BCUT2D eigenvalue weighted by Crippen LogP contribution is 2.51. The van der Waals surface area contributed by atoms with Crippen molar-refractivity contribution in [3.05, 3.63) is 181 Å². The van der Waals surface area contributed by atoms with Crippen molar-refractivity contribution in [2.24, 2.45) is 0 Å². The molecule has 0 unspecified atom stereocenters. The maximum Gasteiger partial charge on any atom is 0.109 e. The first-order chi connectivity index (χ1) is 32.5. The molecule has 0 saturated carbocycles. The molecule has 0 fully saturated rings. The molecule has 0 aliphatic rings. The molecular formula is C62H46N2S3. The van der Waals surface area contributed by atoms with Gasteiger partial charge in [0.2, 0.25) is 0 Å². The zero-order valence-electron chi connectivity index (χ0n) is 38.3. The summed E-state index contributed by atoms with van der Waals surface area (Å²) in [5.74, 6) is 0. The molecule has 0 saturated heterocycles. The Morgan fingerprint density at radius 1 is 0.313 bits per heavy atom. The van der Waals surface area contributed by atoms with Gasteiger partial charge >= 0.3 is 0 Å². The van der Waals surface area contributed by atoms with E-state index in [1.54, 1.807) is 0 Å². The Bertz CT molecular complexity index is 3880. The van der Waals surface area contributed by atoms with Crippen LogP contribution in [0.25, 0.3) is 127 Å². The number of fused-ring (bicyclic) bond motifs is 13. The zero-order chi connectivity index (χ0) is 45.3. The van der Waals surface area contributed by atoms with E-state index in [9.17, 15) is 0 Å². The van der Waals surface area contributed by atoms with Crippen LogP contribution in [0.1, 0.15) is 52.7 Å². The topological polar surface area (TPSA) is 25.8 Å². The summed E-state index contributed by atoms with van der Waals surface area (Å²) in [6, 6.07) is 63.4. The molecule has 4 heterocycles. The molecule has 0 atom stereocenters. The van der Waals surface area contributed by atoms with Crippen LogP contribution in [0.2, 0.25) is 0 Å². The molecule has 4 aromatic heterocycles. The van der Waals surface area contributed by atoms with Gasteiger partial charge in [0.05, 0.1) is 20.8 Å². The summed E-state index contributed by atoms with van der Waals surface area (Å²) in [6.45, 7) is 13.6. The average molecular weight is 915 g/mol. The van der Waals surface area contributed by atoms with Crippen molar-refractivity contribution in [3.8, 4) is 43.1 Å². The van der Waals surface area contributed by atoms with E-state index < -0.39 is 0 Å². The third-order valence-electron chi connectivity index (χ3n) is 13.8. The summed E-state index contributed by atoms with van der Waals surface area (Å²) in [5.41, 5.74) is 13.8. The van der Waals surface area contributed by atoms with Gasteiger partial charge in [-0.1, -0.05) is 175 Å². The normalized spacial score (nSPS) is 12.6. The zero-order valence-corrected chi connectivity index (χ0v) is 40.7. The summed E-state index contributed by atoms with van der Waals surface area (Å²) >= 11 is 5.57. The Hall–Kier alpha value is -6.76. The molecule has 2 nitrogen and oxygen atoms in total. The Morgan fingerprint density at radius 3 is 1.12 bits per heavy atom. The Balaban J connectivity index is 1.14. The van der Waals surface area contributed by atoms with E-state index in [1.807, 2.05) is 34.0 Å². The van der Waals surface area contributed by atoms with Crippen LogP contribution >= 0.6 is 34.0 Å². The molecule has 0 radical (unpaired) electrons. The Kier molecular flexibility index (Phi) is 8.99. The van der Waals surface area contributed by atoms with E-state index in [0.717, 1.165) is 42.6 Å². The molecular weight excluding hydrogens is 869 g/mol. The third-order valence-corrected chi connectivity index (χ3v) is 17.3. The van der Waals surface area contributed by atoms with E-state index in [1.165, 1.54) is 95.6 Å². The van der Waals surface area contributed by atoms with Crippen LogP contribution in [0.5, 0.6) is 0 Å². The molecule has 0 spiro atoms. The van der Waals surface area contributed by atoms with Crippen LogP contribution in [0.4, 0.5) is 0 Å². The van der Waals surface area contributed by atoms with Crippen molar-refractivity contribution in [1.29, 1.82) is 0 Å². The molecule has 0 amide bonds. The first-order valence-corrected chi connectivity index (χ1v) is 25.6. The predicted molar refractivity (Wildman–Crippen MR) is 295 cm³/mol. The molecule has 0 aliphatic heterocycles. The molecule has 13 aromatic rings. The monoisotopic (exact) mass is 914 g/mol. The fraction of sp³-hybridized carbons (Fsp3) is 0.129. The summed E-state index contributed by atoms with van der Waals surface area (Å²) < 4.78 is 5.15. The lowest BCUT2D eigenvalue weighted by Gasteiger charge is -2.19. The molecule has 5 heteroatoms. The van der Waals surface area contributed by atoms with Gasteiger partial charge in [-0.05, 0) is 91.4 Å². The maximum absolute atomic E-state index is 5.89. The van der Waals surface area contributed by atoms with Gasteiger partial charge in [-0.3, -0.25) is 0 Å². The van der Waals surface area contributed by atoms with E-state index in [-0.39, 0.29) is 10.8 Å². The lowest BCUT2D eigenvalue weighted by molar-refractivity contribution is 0.590. The number of rotatable bonds is 4. The highest BCUT2D eigenvalue weighted by atomic mass is 32.1. The van der Waals surface area contributed by atoms with E-state index in [0.29, 0.717) is 0 Å². The number of benzene rings is 9. The van der Waals surface area contributed by atoms with Gasteiger partial charge in [0.1, 0.15) is 11.0 Å². The second-order valence-corrected chi connectivity index (χ2v) is 23.3. The van der Waals surface area contributed by atoms with Crippen molar-refractivity contribution in [3.63, 3.8) is 0 Å². The largest absolute Gasteiger partial charge is 0.242 e. The number of thiophene rings is 3. The fourth-order valence-electron chi connectivity index (χ4n) is 10.3. The first kappa shape index (κ1) is 40.5. The van der Waals surface area contributed by atoms with Gasteiger partial charge in [-0.15, -0.1) is 34.0 Å². The molecule has 67 heavy (non-hydrogen) atoms. The van der Waals surface area contributed by atoms with Gasteiger partial charge in [0.15, 0.2) is 0 Å². The smallest absolute Gasteiger partial charge is 0.109 e. The van der Waals surface area contributed by atoms with Crippen LogP contribution in [0.15, 0.2) is 170 Å². The van der Waals surface area contributed by atoms with Crippen molar-refractivity contribution in [1.82, 2.24) is 9.97 Å². The van der Waals surface area contributed by atoms with Crippen molar-refractivity contribution in [2.45, 2.75) is 52.4 Å². The first-order valence-electron chi connectivity index (χ1n) is 23.1. The molecule has 9 aromatic carbocycles. The minimum absolute atomic E-state index is 0.0783. The van der Waals surface area contributed by atoms with Crippen LogP contribution in [-0.4, -0.2) is 9.97 Å². The minimum atomic E-state index is 0.0783. The number of hydrogen-bond donors (Lipinski definition) is 0. The molecule has 0 N–H and O–H groups in total. The van der Waals surface area contributed by atoms with Gasteiger partial charge in [-0.2, -0.15) is 0 Å². The molecule has 13 rings (SSSR count). The van der Waals surface area contributed by atoms with Crippen molar-refractivity contribution >= 4 is 118 Å². The third kappa shape index (κ3) is 6.47. The Morgan fingerprint density at radius 2 is 0.701 bits per heavy atom. The standard InChI is InChI=1S/C62H46N2S3/c1-61(2,3)39-27-21-35(22-28-39)37-25-31-41-47(33-37)48-34-38(36-23-29-40(30-24-36)62(4,5)6)26-32-42(48)56-55(41)63-57-58(64-56)60(46-16-12-20-52-54(46)44-14-8-10-18-50(44)66-52)67-59(57)45-15-11-19-51-53(45)43-13-7-9-17-49(43)65-51/h7-34H,1-6H3. The predicted octanol–water partition coefficient (Wildman–Crippen LogP) is 19.1. The van der Waals surface area contributed by atoms with Crippen LogP contribution in [0, 0.1) is 0 Å². The summed E-state index contributed by atoms with van der Waals surface area (Å²) in [6.07, 6.45) is 0. The average Bonchev–Trinajstić information content (AvgIpc) is 4.04. The lowest BCUT2D eigenvalue weighted by atomic mass is 9.85. The highest BCUT2D eigenvalue weighted by molar-refractivity contribution is 7.27. The lowest BCUT2D eigenvalue weighted by Crippen LogP contribution is -2.10. The number of hydrogen-bond acceptors (Lipinski definition) is 5. The second-order valence-electron chi connectivity index (χ2n) is 20.1. The number of aromatic nitrogens is 2. The fourth-order valence-corrected chi connectivity index (χ4v) is 13.8. The highest BCUT2D eigenvalue weighted by Gasteiger charge is 2.25. The molecule has 322 valence electrons. The van der Waals surface area contributed by atoms with Gasteiger partial charge < -0.3 is 0 Å². The minimum Gasteiger partial charge on any atom is -0.242 e. The van der Waals surface area contributed by atoms with Gasteiger partial charge in [-0.25, -0.2) is 9.97 Å². The van der Waals surface area contributed by atoms with Crippen molar-refractivity contribution in [2.75, 3.05) is 0 Å². The van der Waals surface area contributed by atoms with E-state index in [4.69, 9.17) is 9.97 Å². The van der Waals surface area contributed by atoms with E-state index in [2.05, 4.69) is 211 Å². The van der Waals surface area contributed by atoms with Gasteiger partial charge in [0, 0.05) is 62.2 Å². The van der Waals surface area contributed by atoms with Crippen LogP contribution in [0.3, 0.4) is 0 Å². The Labute approximate surface area is 401 Å². The van der Waals surface area contributed by atoms with Crippen LogP contribution in [-0.2, 0) is 10.8 Å². The maximum atomic E-state index is 5.89. The SMILES string of the molecule is CC(C)(C)c1ccc(-c2ccc3c(c2)c2cc(-c4ccc(C(C)(C)C)cc4)ccc2c2nc4c(-c5cccc6sc7ccccc7c56)sc(-c5cccc6sc7ccccc7c56)c4nc32)cc1. The van der Waals surface area contributed by atoms with Gasteiger partial charge in [0.25, 0.3) is 0 Å². The summed E-state index contributed by atoms with van der Waals surface area (Å²) in [5, 5.41) is 9.71. The second kappa shape index (κ2) is 14.9. The van der Waals surface area contributed by atoms with Crippen molar-refractivity contribution < 1.29 is 0 Å². The summed E-state index contributed by atoms with van der Waals surface area (Å²) in [7, 11) is 0.